The summed E-state index contributed by atoms with van der Waals surface area (Å²) in [5, 5.41) is 8.50. The van der Waals surface area contributed by atoms with E-state index in [1.807, 2.05) is 95.1 Å². The molecule has 0 radical (unpaired) electrons. The highest BCUT2D eigenvalue weighted by Gasteiger charge is 2.29. The standard InChI is InChI=1S/C20H18N4O/c1-25-19-14-8-13-18(15-19)23-20(16-9-4-2-5-10-16)21-22-24(23)17-11-6-3-7-12-17/h2-15,22H,1H3. The largest absolute Gasteiger partial charge is 0.497 e. The van der Waals surface area contributed by atoms with Crippen molar-refractivity contribution in [2.75, 3.05) is 17.2 Å². The van der Waals surface area contributed by atoms with E-state index in [4.69, 9.17) is 4.74 Å². The Hall–Kier alpha value is -3.47. The molecular weight excluding hydrogens is 312 g/mol. The van der Waals surface area contributed by atoms with Gasteiger partial charge in [-0.25, -0.2) is 5.01 Å². The summed E-state index contributed by atoms with van der Waals surface area (Å²) < 4.78 is 5.39. The molecular formula is C20H18N4O. The molecule has 0 saturated carbocycles. The Labute approximate surface area is 146 Å². The summed E-state index contributed by atoms with van der Waals surface area (Å²) in [6.45, 7) is 0. The van der Waals surface area contributed by atoms with Crippen LogP contribution in [0.5, 0.6) is 5.75 Å². The van der Waals surface area contributed by atoms with Gasteiger partial charge in [-0.05, 0) is 24.3 Å². The van der Waals surface area contributed by atoms with Gasteiger partial charge in [0.1, 0.15) is 5.75 Å². The first-order chi connectivity index (χ1) is 12.4. The Bertz CT molecular complexity index is 880. The Morgan fingerprint density at radius 2 is 1.48 bits per heavy atom. The van der Waals surface area contributed by atoms with Crippen molar-refractivity contribution in [2.45, 2.75) is 0 Å². The molecule has 0 atom stereocenters. The third-order valence-electron chi connectivity index (χ3n) is 3.98. The summed E-state index contributed by atoms with van der Waals surface area (Å²) in [4.78, 5) is 0. The van der Waals surface area contributed by atoms with Gasteiger partial charge in [0.15, 0.2) is 5.84 Å². The molecule has 1 aliphatic heterocycles. The Morgan fingerprint density at radius 1 is 0.800 bits per heavy atom. The first kappa shape index (κ1) is 15.1. The summed E-state index contributed by atoms with van der Waals surface area (Å²) in [6, 6.07) is 28.1. The van der Waals surface area contributed by atoms with Crippen LogP contribution in [0.1, 0.15) is 5.56 Å². The Morgan fingerprint density at radius 3 is 2.20 bits per heavy atom. The van der Waals surface area contributed by atoms with Crippen molar-refractivity contribution in [3.63, 3.8) is 0 Å². The lowest BCUT2D eigenvalue weighted by Gasteiger charge is -2.30. The minimum absolute atomic E-state index is 0.796. The smallest absolute Gasteiger partial charge is 0.182 e. The van der Waals surface area contributed by atoms with Crippen molar-refractivity contribution in [3.8, 4) is 5.75 Å². The molecule has 0 fully saturated rings. The molecule has 0 unspecified atom stereocenters. The third-order valence-corrected chi connectivity index (χ3v) is 3.98. The van der Waals surface area contributed by atoms with Crippen LogP contribution < -0.4 is 20.4 Å². The first-order valence-electron chi connectivity index (χ1n) is 8.05. The zero-order chi connectivity index (χ0) is 17.1. The van der Waals surface area contributed by atoms with Gasteiger partial charge in [0.05, 0.1) is 18.5 Å². The van der Waals surface area contributed by atoms with Crippen molar-refractivity contribution in [2.24, 2.45) is 5.10 Å². The second kappa shape index (κ2) is 6.57. The number of methoxy groups -OCH3 is 1. The lowest BCUT2D eigenvalue weighted by Crippen LogP contribution is -2.46. The van der Waals surface area contributed by atoms with Crippen molar-refractivity contribution in [1.82, 2.24) is 5.53 Å². The normalized spacial score (nSPS) is 13.4. The first-order valence-corrected chi connectivity index (χ1v) is 8.05. The van der Waals surface area contributed by atoms with E-state index in [1.165, 1.54) is 0 Å². The monoisotopic (exact) mass is 330 g/mol. The number of nitrogens with zero attached hydrogens (tertiary/aromatic N) is 3. The molecule has 25 heavy (non-hydrogen) atoms. The van der Waals surface area contributed by atoms with E-state index in [9.17, 15) is 0 Å². The number of amidine groups is 1. The lowest BCUT2D eigenvalue weighted by molar-refractivity contribution is 0.415. The topological polar surface area (TPSA) is 40.1 Å². The van der Waals surface area contributed by atoms with Gasteiger partial charge in [-0.3, -0.25) is 0 Å². The summed E-state index contributed by atoms with van der Waals surface area (Å²) in [7, 11) is 1.67. The zero-order valence-electron chi connectivity index (χ0n) is 13.8. The summed E-state index contributed by atoms with van der Waals surface area (Å²) in [6.07, 6.45) is 0. The predicted molar refractivity (Wildman–Crippen MR) is 101 cm³/mol. The number of rotatable bonds is 4. The number of hydrogen-bond acceptors (Lipinski definition) is 5. The highest BCUT2D eigenvalue weighted by molar-refractivity contribution is 6.12. The SMILES string of the molecule is COc1cccc(N2C(c3ccccc3)=NNN2c2ccccc2)c1. The number of anilines is 2. The number of benzene rings is 3. The maximum Gasteiger partial charge on any atom is 0.182 e. The van der Waals surface area contributed by atoms with Gasteiger partial charge in [-0.2, -0.15) is 10.7 Å². The second-order valence-corrected chi connectivity index (χ2v) is 5.56. The number of nitrogens with one attached hydrogen (secondary N) is 1. The van der Waals surface area contributed by atoms with Crippen LogP contribution in [-0.2, 0) is 0 Å². The summed E-state index contributed by atoms with van der Waals surface area (Å²) in [5.41, 5.74) is 6.08. The van der Waals surface area contributed by atoms with Crippen molar-refractivity contribution in [1.29, 1.82) is 0 Å². The van der Waals surface area contributed by atoms with Crippen LogP contribution in [-0.4, -0.2) is 12.9 Å². The van der Waals surface area contributed by atoms with Crippen molar-refractivity contribution < 1.29 is 4.74 Å². The van der Waals surface area contributed by atoms with E-state index < -0.39 is 0 Å². The zero-order valence-corrected chi connectivity index (χ0v) is 13.8. The van der Waals surface area contributed by atoms with E-state index in [2.05, 4.69) is 10.6 Å². The van der Waals surface area contributed by atoms with Gasteiger partial charge < -0.3 is 4.74 Å². The van der Waals surface area contributed by atoms with Gasteiger partial charge in [-0.1, -0.05) is 54.6 Å². The van der Waals surface area contributed by atoms with Crippen LogP contribution in [0, 0.1) is 0 Å². The summed E-state index contributed by atoms with van der Waals surface area (Å²) in [5.74, 6) is 1.61. The molecule has 1 heterocycles. The Kier molecular flexibility index (Phi) is 3.96. The number of para-hydroxylation sites is 1. The fraction of sp³-hybridized carbons (Fsp3) is 0.0500. The predicted octanol–water partition coefficient (Wildman–Crippen LogP) is 3.80. The molecule has 0 amide bonds. The van der Waals surface area contributed by atoms with Crippen LogP contribution in [0.2, 0.25) is 0 Å². The van der Waals surface area contributed by atoms with E-state index in [1.54, 1.807) is 7.11 Å². The fourth-order valence-electron chi connectivity index (χ4n) is 2.78. The van der Waals surface area contributed by atoms with Gasteiger partial charge in [0.2, 0.25) is 0 Å². The van der Waals surface area contributed by atoms with Crippen LogP contribution in [0.15, 0.2) is 90.0 Å². The minimum atomic E-state index is 0.796. The molecule has 5 nitrogen and oxygen atoms in total. The summed E-state index contributed by atoms with van der Waals surface area (Å²) >= 11 is 0. The molecule has 4 rings (SSSR count). The molecule has 0 saturated heterocycles. The quantitative estimate of drug-likeness (QED) is 0.790. The second-order valence-electron chi connectivity index (χ2n) is 5.56. The van der Waals surface area contributed by atoms with E-state index in [-0.39, 0.29) is 0 Å². The third kappa shape index (κ3) is 2.87. The maximum atomic E-state index is 5.39. The molecule has 0 aliphatic carbocycles. The number of hydrazine groups is 2. The number of ether oxygens (including phenoxy) is 1. The average Bonchev–Trinajstić information content (AvgIpc) is 3.14. The molecule has 1 aliphatic rings. The van der Waals surface area contributed by atoms with Gasteiger partial charge in [-0.15, -0.1) is 5.10 Å². The van der Waals surface area contributed by atoms with Gasteiger partial charge >= 0.3 is 0 Å². The molecule has 0 aromatic heterocycles. The van der Waals surface area contributed by atoms with E-state index in [0.29, 0.717) is 0 Å². The minimum Gasteiger partial charge on any atom is -0.497 e. The number of hydrogen-bond donors (Lipinski definition) is 1. The van der Waals surface area contributed by atoms with E-state index in [0.717, 1.165) is 28.5 Å². The van der Waals surface area contributed by atoms with Crippen molar-refractivity contribution in [3.05, 3.63) is 90.5 Å². The lowest BCUT2D eigenvalue weighted by atomic mass is 10.2. The highest BCUT2D eigenvalue weighted by Crippen LogP contribution is 2.29. The molecule has 0 spiro atoms. The van der Waals surface area contributed by atoms with Gasteiger partial charge in [0.25, 0.3) is 0 Å². The molecule has 0 bridgehead atoms. The molecule has 124 valence electrons. The van der Waals surface area contributed by atoms with Gasteiger partial charge in [0, 0.05) is 11.6 Å². The Balaban J connectivity index is 1.80. The maximum absolute atomic E-state index is 5.39. The van der Waals surface area contributed by atoms with Crippen LogP contribution in [0.25, 0.3) is 0 Å². The molecule has 3 aromatic rings. The van der Waals surface area contributed by atoms with E-state index >= 15 is 0 Å². The van der Waals surface area contributed by atoms with Crippen LogP contribution in [0.3, 0.4) is 0 Å². The average molecular weight is 330 g/mol. The fourth-order valence-corrected chi connectivity index (χ4v) is 2.78. The van der Waals surface area contributed by atoms with Crippen LogP contribution in [0.4, 0.5) is 11.4 Å². The molecule has 3 aromatic carbocycles. The molecule has 1 N–H and O–H groups in total. The van der Waals surface area contributed by atoms with Crippen molar-refractivity contribution >= 4 is 17.2 Å². The highest BCUT2D eigenvalue weighted by atomic mass is 16.5. The number of hydrazone groups is 1. The molecule has 5 heteroatoms. The van der Waals surface area contributed by atoms with Crippen LogP contribution >= 0.6 is 0 Å².